The summed E-state index contributed by atoms with van der Waals surface area (Å²) in [5.41, 5.74) is 11.1. The standard InChI is InChI=1S/C24H30N8O2/c1-15(2)21-22(16-12-18(34-3)24-26-14-27-32(24)13-16)28-17-4-5-20(29-23(17)21)31-10-8-30(9-11-31)7-6-19(25)33/h4-5,12-15,28H,6-11H2,1-3H3,(H2,25,33). The van der Waals surface area contributed by atoms with E-state index in [9.17, 15) is 4.79 Å². The summed E-state index contributed by atoms with van der Waals surface area (Å²) in [6.07, 6.45) is 3.89. The lowest BCUT2D eigenvalue weighted by atomic mass is 9.99. The first-order chi connectivity index (χ1) is 16.4. The molecular formula is C24H30N8O2. The number of hydrogen-bond acceptors (Lipinski definition) is 7. The van der Waals surface area contributed by atoms with Crippen LogP contribution >= 0.6 is 0 Å². The number of H-pyrrole nitrogens is 1. The second-order valence-corrected chi connectivity index (χ2v) is 9.00. The molecule has 1 aliphatic rings. The predicted molar refractivity (Wildman–Crippen MR) is 131 cm³/mol. The molecule has 0 bridgehead atoms. The van der Waals surface area contributed by atoms with Crippen molar-refractivity contribution in [3.8, 4) is 17.0 Å². The van der Waals surface area contributed by atoms with Gasteiger partial charge in [-0.15, -0.1) is 0 Å². The first-order valence-electron chi connectivity index (χ1n) is 11.6. The lowest BCUT2D eigenvalue weighted by Crippen LogP contribution is -2.47. The smallest absolute Gasteiger partial charge is 0.218 e. The first kappa shape index (κ1) is 22.1. The third-order valence-corrected chi connectivity index (χ3v) is 6.46. The summed E-state index contributed by atoms with van der Waals surface area (Å²) < 4.78 is 7.31. The maximum atomic E-state index is 11.1. The Hall–Kier alpha value is -3.66. The molecule has 3 N–H and O–H groups in total. The molecule has 4 aromatic heterocycles. The van der Waals surface area contributed by atoms with Crippen LogP contribution < -0.4 is 15.4 Å². The number of rotatable bonds is 7. The number of nitrogens with two attached hydrogens (primary N) is 1. The minimum absolute atomic E-state index is 0.250. The van der Waals surface area contributed by atoms with Crippen LogP contribution in [0.5, 0.6) is 5.75 Å². The van der Waals surface area contributed by atoms with Gasteiger partial charge in [0.15, 0.2) is 11.4 Å². The highest BCUT2D eigenvalue weighted by atomic mass is 16.5. The molecule has 1 aliphatic heterocycles. The molecule has 0 atom stereocenters. The van der Waals surface area contributed by atoms with E-state index in [-0.39, 0.29) is 11.8 Å². The molecule has 4 aromatic rings. The molecule has 0 aliphatic carbocycles. The van der Waals surface area contributed by atoms with Gasteiger partial charge in [0, 0.05) is 56.5 Å². The molecule has 0 aromatic carbocycles. The number of hydrogen-bond donors (Lipinski definition) is 2. The summed E-state index contributed by atoms with van der Waals surface area (Å²) in [6, 6.07) is 6.18. The van der Waals surface area contributed by atoms with E-state index in [0.717, 1.165) is 54.3 Å². The average molecular weight is 463 g/mol. The van der Waals surface area contributed by atoms with Crippen molar-refractivity contribution in [2.45, 2.75) is 26.2 Å². The van der Waals surface area contributed by atoms with Crippen molar-refractivity contribution >= 4 is 28.4 Å². The van der Waals surface area contributed by atoms with Crippen LogP contribution in [0.15, 0.2) is 30.7 Å². The van der Waals surface area contributed by atoms with E-state index in [1.165, 1.54) is 11.9 Å². The quantitative estimate of drug-likeness (QED) is 0.433. The highest BCUT2D eigenvalue weighted by Gasteiger charge is 2.22. The minimum Gasteiger partial charge on any atom is -0.493 e. The number of anilines is 1. The fourth-order valence-electron chi connectivity index (χ4n) is 4.69. The number of pyridine rings is 2. The van der Waals surface area contributed by atoms with E-state index >= 15 is 0 Å². The number of nitrogens with zero attached hydrogens (tertiary/aromatic N) is 6. The van der Waals surface area contributed by atoms with Gasteiger partial charge in [0.2, 0.25) is 5.91 Å². The zero-order valence-electron chi connectivity index (χ0n) is 19.8. The molecule has 5 rings (SSSR count). The third-order valence-electron chi connectivity index (χ3n) is 6.46. The molecular weight excluding hydrogens is 432 g/mol. The maximum absolute atomic E-state index is 11.1. The van der Waals surface area contributed by atoms with E-state index in [1.54, 1.807) is 11.6 Å². The van der Waals surface area contributed by atoms with Gasteiger partial charge in [-0.2, -0.15) is 5.10 Å². The van der Waals surface area contributed by atoms with E-state index in [2.05, 4.69) is 50.8 Å². The van der Waals surface area contributed by atoms with Gasteiger partial charge in [0.1, 0.15) is 12.1 Å². The van der Waals surface area contributed by atoms with E-state index in [0.29, 0.717) is 24.4 Å². The average Bonchev–Trinajstić information content (AvgIpc) is 3.46. The summed E-state index contributed by atoms with van der Waals surface area (Å²) in [6.45, 7) is 8.60. The van der Waals surface area contributed by atoms with Crippen LogP contribution in [0.3, 0.4) is 0 Å². The molecule has 178 valence electrons. The van der Waals surface area contributed by atoms with Gasteiger partial charge in [-0.3, -0.25) is 9.69 Å². The van der Waals surface area contributed by atoms with Gasteiger partial charge in [-0.05, 0) is 24.1 Å². The monoisotopic (exact) mass is 462 g/mol. The zero-order chi connectivity index (χ0) is 23.8. The summed E-state index contributed by atoms with van der Waals surface area (Å²) in [5.74, 6) is 1.65. The molecule has 1 fully saturated rings. The van der Waals surface area contributed by atoms with Crippen LogP contribution in [0.1, 0.15) is 31.7 Å². The van der Waals surface area contributed by atoms with Gasteiger partial charge in [0.25, 0.3) is 0 Å². The van der Waals surface area contributed by atoms with Crippen molar-refractivity contribution in [3.63, 3.8) is 0 Å². The van der Waals surface area contributed by atoms with Gasteiger partial charge in [0.05, 0.1) is 23.8 Å². The van der Waals surface area contributed by atoms with Gasteiger partial charge in [-0.25, -0.2) is 14.5 Å². The van der Waals surface area contributed by atoms with Crippen molar-refractivity contribution in [2.75, 3.05) is 44.7 Å². The summed E-state index contributed by atoms with van der Waals surface area (Å²) in [5, 5.41) is 4.31. The van der Waals surface area contributed by atoms with E-state index in [4.69, 9.17) is 15.5 Å². The number of carbonyl (C=O) groups excluding carboxylic acids is 1. The SMILES string of the molecule is COc1cc(-c2[nH]c3ccc(N4CCN(CCC(N)=O)CC4)nc3c2C(C)C)cn2ncnc12. The second kappa shape index (κ2) is 8.94. The van der Waals surface area contributed by atoms with E-state index in [1.807, 2.05) is 12.3 Å². The van der Waals surface area contributed by atoms with Crippen LogP contribution in [-0.4, -0.2) is 75.2 Å². The Bertz CT molecular complexity index is 1330. The number of amides is 1. The largest absolute Gasteiger partial charge is 0.493 e. The number of primary amides is 1. The van der Waals surface area contributed by atoms with Crippen molar-refractivity contribution < 1.29 is 9.53 Å². The molecule has 0 unspecified atom stereocenters. The Morgan fingerprint density at radius 3 is 2.74 bits per heavy atom. The van der Waals surface area contributed by atoms with Crippen molar-refractivity contribution in [2.24, 2.45) is 5.73 Å². The number of methoxy groups -OCH3 is 1. The first-order valence-corrected chi connectivity index (χ1v) is 11.6. The number of aromatic nitrogens is 5. The van der Waals surface area contributed by atoms with Crippen LogP contribution in [0.2, 0.25) is 0 Å². The Labute approximate surface area is 197 Å². The predicted octanol–water partition coefficient (Wildman–Crippen LogP) is 2.40. The summed E-state index contributed by atoms with van der Waals surface area (Å²) in [4.78, 5) is 28.6. The topological polar surface area (TPSA) is 118 Å². The minimum atomic E-state index is -0.250. The van der Waals surface area contributed by atoms with Crippen LogP contribution in [0, 0.1) is 0 Å². The molecule has 1 saturated heterocycles. The number of aromatic amines is 1. The lowest BCUT2D eigenvalue weighted by molar-refractivity contribution is -0.118. The molecule has 0 saturated carbocycles. The van der Waals surface area contributed by atoms with Crippen molar-refractivity contribution in [1.82, 2.24) is 29.5 Å². The fraction of sp³-hybridized carbons (Fsp3) is 0.417. The molecule has 5 heterocycles. The zero-order valence-corrected chi connectivity index (χ0v) is 19.8. The molecule has 0 spiro atoms. The van der Waals surface area contributed by atoms with E-state index < -0.39 is 0 Å². The Balaban J connectivity index is 1.48. The van der Waals surface area contributed by atoms with Crippen molar-refractivity contribution in [3.05, 3.63) is 36.3 Å². The lowest BCUT2D eigenvalue weighted by Gasteiger charge is -2.35. The molecule has 10 nitrogen and oxygen atoms in total. The number of piperazine rings is 1. The highest BCUT2D eigenvalue weighted by molar-refractivity contribution is 5.90. The van der Waals surface area contributed by atoms with Crippen LogP contribution in [-0.2, 0) is 4.79 Å². The normalized spacial score (nSPS) is 15.0. The van der Waals surface area contributed by atoms with Crippen LogP contribution in [0.4, 0.5) is 5.82 Å². The Morgan fingerprint density at radius 1 is 1.24 bits per heavy atom. The Morgan fingerprint density at radius 2 is 2.03 bits per heavy atom. The van der Waals surface area contributed by atoms with Crippen LogP contribution in [0.25, 0.3) is 27.9 Å². The van der Waals surface area contributed by atoms with Crippen molar-refractivity contribution in [1.29, 1.82) is 0 Å². The van der Waals surface area contributed by atoms with Gasteiger partial charge < -0.3 is 20.4 Å². The number of fused-ring (bicyclic) bond motifs is 2. The third kappa shape index (κ3) is 4.05. The fourth-order valence-corrected chi connectivity index (χ4v) is 4.69. The summed E-state index contributed by atoms with van der Waals surface area (Å²) >= 11 is 0. The molecule has 1 amide bonds. The van der Waals surface area contributed by atoms with Gasteiger partial charge >= 0.3 is 0 Å². The molecule has 34 heavy (non-hydrogen) atoms. The molecule has 10 heteroatoms. The second-order valence-electron chi connectivity index (χ2n) is 9.00. The summed E-state index contributed by atoms with van der Waals surface area (Å²) in [7, 11) is 1.64. The number of ether oxygens (including phenoxy) is 1. The number of nitrogens with one attached hydrogen (secondary N) is 1. The molecule has 0 radical (unpaired) electrons. The highest BCUT2D eigenvalue weighted by Crippen LogP contribution is 2.37. The Kier molecular flexibility index (Phi) is 5.82. The number of carbonyl (C=O) groups is 1. The van der Waals surface area contributed by atoms with Gasteiger partial charge in [-0.1, -0.05) is 13.8 Å². The maximum Gasteiger partial charge on any atom is 0.218 e.